The van der Waals surface area contributed by atoms with Crippen molar-refractivity contribution < 1.29 is 0 Å². The Hall–Kier alpha value is -0.830. The second-order valence-corrected chi connectivity index (χ2v) is 4.46. The molecule has 3 nitrogen and oxygen atoms in total. The van der Waals surface area contributed by atoms with Gasteiger partial charge in [-0.2, -0.15) is 5.10 Å². The fourth-order valence-corrected chi connectivity index (χ4v) is 2.32. The maximum absolute atomic E-state index is 6.11. The van der Waals surface area contributed by atoms with Crippen LogP contribution in [0.3, 0.4) is 0 Å². The summed E-state index contributed by atoms with van der Waals surface area (Å²) >= 11 is 6.11. The monoisotopic (exact) mass is 225 g/mol. The van der Waals surface area contributed by atoms with Crippen molar-refractivity contribution in [2.75, 3.05) is 0 Å². The highest BCUT2D eigenvalue weighted by Crippen LogP contribution is 2.23. The summed E-state index contributed by atoms with van der Waals surface area (Å²) in [7, 11) is 0. The number of halogens is 1. The molecule has 1 aliphatic carbocycles. The molecule has 0 saturated heterocycles. The Morgan fingerprint density at radius 3 is 3.20 bits per heavy atom. The zero-order valence-corrected chi connectivity index (χ0v) is 9.74. The van der Waals surface area contributed by atoms with Crippen LogP contribution in [0.1, 0.15) is 32.0 Å². The number of rotatable bonds is 3. The fraction of sp³-hybridized carbons (Fsp3) is 0.636. The minimum absolute atomic E-state index is 0.215. The number of aryl methyl sites for hydroxylation is 1. The lowest BCUT2D eigenvalue weighted by atomic mass is 9.97. The molecule has 0 bridgehead atoms. The molecule has 0 saturated carbocycles. The summed E-state index contributed by atoms with van der Waals surface area (Å²) in [5.41, 5.74) is 1.41. The third-order valence-electron chi connectivity index (χ3n) is 2.77. The average Bonchev–Trinajstić information content (AvgIpc) is 2.65. The summed E-state index contributed by atoms with van der Waals surface area (Å²) in [6, 6.07) is 0. The van der Waals surface area contributed by atoms with Crippen LogP contribution in [0.25, 0.3) is 0 Å². The van der Waals surface area contributed by atoms with Gasteiger partial charge in [-0.3, -0.25) is 4.68 Å². The minimum atomic E-state index is 0.215. The number of allylic oxidation sites excluding steroid dienone is 2. The molecule has 1 aromatic rings. The summed E-state index contributed by atoms with van der Waals surface area (Å²) in [4.78, 5) is 4.27. The first-order valence-electron chi connectivity index (χ1n) is 5.50. The predicted octanol–water partition coefficient (Wildman–Crippen LogP) is 2.56. The highest BCUT2D eigenvalue weighted by atomic mass is 35.5. The molecule has 0 N–H and O–H groups in total. The Morgan fingerprint density at radius 2 is 2.47 bits per heavy atom. The molecule has 0 aromatic carbocycles. The van der Waals surface area contributed by atoms with Gasteiger partial charge in [-0.05, 0) is 26.2 Å². The van der Waals surface area contributed by atoms with E-state index in [2.05, 4.69) is 23.1 Å². The summed E-state index contributed by atoms with van der Waals surface area (Å²) in [6.45, 7) is 2.96. The smallest absolute Gasteiger partial charge is 0.138 e. The number of nitrogens with zero attached hydrogens (tertiary/aromatic N) is 3. The normalized spacial score (nSPS) is 21.5. The van der Waals surface area contributed by atoms with Crippen LogP contribution in [-0.2, 0) is 13.0 Å². The van der Waals surface area contributed by atoms with Gasteiger partial charge >= 0.3 is 0 Å². The lowest BCUT2D eigenvalue weighted by Crippen LogP contribution is -2.09. The zero-order valence-electron chi connectivity index (χ0n) is 8.99. The Labute approximate surface area is 95.2 Å². The van der Waals surface area contributed by atoms with Gasteiger partial charge in [0.1, 0.15) is 12.2 Å². The summed E-state index contributed by atoms with van der Waals surface area (Å²) < 4.78 is 1.94. The van der Waals surface area contributed by atoms with Gasteiger partial charge in [0.25, 0.3) is 0 Å². The Bertz CT molecular complexity index is 356. The second-order valence-electron chi connectivity index (χ2n) is 3.90. The summed E-state index contributed by atoms with van der Waals surface area (Å²) in [5, 5.41) is 4.38. The summed E-state index contributed by atoms with van der Waals surface area (Å²) in [6.07, 6.45) is 8.16. The Morgan fingerprint density at radius 1 is 1.60 bits per heavy atom. The number of aromatic nitrogens is 3. The van der Waals surface area contributed by atoms with Crippen LogP contribution in [0.5, 0.6) is 0 Å². The van der Waals surface area contributed by atoms with Crippen LogP contribution in [-0.4, -0.2) is 20.1 Å². The van der Waals surface area contributed by atoms with Crippen LogP contribution < -0.4 is 0 Å². The van der Waals surface area contributed by atoms with E-state index in [0.717, 1.165) is 31.6 Å². The van der Waals surface area contributed by atoms with E-state index in [1.807, 2.05) is 4.68 Å². The molecule has 0 amide bonds. The van der Waals surface area contributed by atoms with Crippen LogP contribution in [0.2, 0.25) is 0 Å². The first kappa shape index (κ1) is 10.7. The molecule has 82 valence electrons. The summed E-state index contributed by atoms with van der Waals surface area (Å²) in [5.74, 6) is 1.05. The SMILES string of the molecule is CCn1ncnc1CC1=CC(Cl)CCC1. The number of alkyl halides is 1. The van der Waals surface area contributed by atoms with E-state index < -0.39 is 0 Å². The van der Waals surface area contributed by atoms with Crippen molar-refractivity contribution >= 4 is 11.6 Å². The molecule has 1 unspecified atom stereocenters. The van der Waals surface area contributed by atoms with Gasteiger partial charge in [-0.1, -0.05) is 11.6 Å². The maximum Gasteiger partial charge on any atom is 0.138 e. The van der Waals surface area contributed by atoms with E-state index in [1.54, 1.807) is 6.33 Å². The van der Waals surface area contributed by atoms with Gasteiger partial charge in [0.05, 0.1) is 5.38 Å². The maximum atomic E-state index is 6.11. The van der Waals surface area contributed by atoms with Crippen molar-refractivity contribution in [1.82, 2.24) is 14.8 Å². The predicted molar refractivity (Wildman–Crippen MR) is 61.0 cm³/mol. The van der Waals surface area contributed by atoms with E-state index in [0.29, 0.717) is 0 Å². The van der Waals surface area contributed by atoms with Gasteiger partial charge in [0.15, 0.2) is 0 Å². The zero-order chi connectivity index (χ0) is 10.7. The van der Waals surface area contributed by atoms with Crippen molar-refractivity contribution in [3.63, 3.8) is 0 Å². The molecule has 1 aliphatic rings. The quantitative estimate of drug-likeness (QED) is 0.585. The van der Waals surface area contributed by atoms with Crippen molar-refractivity contribution in [3.05, 3.63) is 23.8 Å². The highest BCUT2D eigenvalue weighted by molar-refractivity contribution is 6.21. The van der Waals surface area contributed by atoms with Crippen molar-refractivity contribution in [2.45, 2.75) is 44.5 Å². The van der Waals surface area contributed by atoms with Crippen molar-refractivity contribution in [3.8, 4) is 0 Å². The molecule has 0 fully saturated rings. The van der Waals surface area contributed by atoms with Crippen molar-refractivity contribution in [1.29, 1.82) is 0 Å². The number of hydrogen-bond acceptors (Lipinski definition) is 2. The van der Waals surface area contributed by atoms with Gasteiger partial charge in [-0.25, -0.2) is 4.98 Å². The lowest BCUT2D eigenvalue weighted by molar-refractivity contribution is 0.610. The molecule has 0 spiro atoms. The van der Waals surface area contributed by atoms with Gasteiger partial charge < -0.3 is 0 Å². The second kappa shape index (κ2) is 4.79. The van der Waals surface area contributed by atoms with E-state index in [-0.39, 0.29) is 5.38 Å². The molecule has 1 atom stereocenters. The first-order chi connectivity index (χ1) is 7.29. The molecule has 2 rings (SSSR count). The van der Waals surface area contributed by atoms with Gasteiger partial charge in [0, 0.05) is 13.0 Å². The lowest BCUT2D eigenvalue weighted by Gasteiger charge is -2.16. The minimum Gasteiger partial charge on any atom is -0.250 e. The number of hydrogen-bond donors (Lipinski definition) is 0. The van der Waals surface area contributed by atoms with E-state index in [1.165, 1.54) is 12.0 Å². The fourth-order valence-electron chi connectivity index (χ4n) is 1.99. The molecule has 1 heterocycles. The van der Waals surface area contributed by atoms with Gasteiger partial charge in [-0.15, -0.1) is 11.6 Å². The van der Waals surface area contributed by atoms with Crippen LogP contribution >= 0.6 is 11.6 Å². The average molecular weight is 226 g/mol. The molecule has 0 radical (unpaired) electrons. The van der Waals surface area contributed by atoms with Crippen LogP contribution in [0.4, 0.5) is 0 Å². The highest BCUT2D eigenvalue weighted by Gasteiger charge is 2.13. The Balaban J connectivity index is 2.08. The third kappa shape index (κ3) is 2.59. The molecule has 4 heteroatoms. The third-order valence-corrected chi connectivity index (χ3v) is 3.12. The topological polar surface area (TPSA) is 30.7 Å². The van der Waals surface area contributed by atoms with Crippen LogP contribution in [0, 0.1) is 0 Å². The van der Waals surface area contributed by atoms with E-state index in [4.69, 9.17) is 11.6 Å². The van der Waals surface area contributed by atoms with E-state index in [9.17, 15) is 0 Å². The van der Waals surface area contributed by atoms with Gasteiger partial charge in [0.2, 0.25) is 0 Å². The largest absolute Gasteiger partial charge is 0.250 e. The molecular formula is C11H16ClN3. The van der Waals surface area contributed by atoms with Crippen molar-refractivity contribution in [2.24, 2.45) is 0 Å². The molecular weight excluding hydrogens is 210 g/mol. The molecule has 0 aliphatic heterocycles. The molecule has 1 aromatic heterocycles. The Kier molecular flexibility index (Phi) is 3.41. The molecule has 15 heavy (non-hydrogen) atoms. The van der Waals surface area contributed by atoms with Crippen LogP contribution in [0.15, 0.2) is 18.0 Å². The first-order valence-corrected chi connectivity index (χ1v) is 5.93. The van der Waals surface area contributed by atoms with E-state index >= 15 is 0 Å². The standard InChI is InChI=1S/C11H16ClN3/c1-2-15-11(13-8-14-15)7-9-4-3-5-10(12)6-9/h6,8,10H,2-5,7H2,1H3.